The first kappa shape index (κ1) is 10.8. The fourth-order valence-corrected chi connectivity index (χ4v) is 1.45. The number of aromatic nitrogens is 4. The molecular formula is C6H13N7S. The Hall–Kier alpha value is -1.31. The molecular weight excluding hydrogens is 202 g/mol. The van der Waals surface area contributed by atoms with Gasteiger partial charge < -0.3 is 11.6 Å². The van der Waals surface area contributed by atoms with Crippen molar-refractivity contribution in [3.05, 3.63) is 5.82 Å². The fraction of sp³-hybridized carbons (Fsp3) is 0.667. The van der Waals surface area contributed by atoms with Crippen molar-refractivity contribution in [2.75, 3.05) is 0 Å². The van der Waals surface area contributed by atoms with Gasteiger partial charge in [0, 0.05) is 6.54 Å². The Morgan fingerprint density at radius 1 is 1.64 bits per heavy atom. The standard InChI is InChI=1S/C6H13N7S/c1-2-3-13-5(10-11-12-13)4-14-6(7)9-8/h2-4,8H2,1H3,(H2,7,9). The van der Waals surface area contributed by atoms with Gasteiger partial charge in [0.1, 0.15) is 0 Å². The summed E-state index contributed by atoms with van der Waals surface area (Å²) >= 11 is 1.31. The number of nitrogens with zero attached hydrogens (tertiary/aromatic N) is 5. The van der Waals surface area contributed by atoms with Crippen molar-refractivity contribution in [2.45, 2.75) is 25.6 Å². The molecule has 0 spiro atoms. The van der Waals surface area contributed by atoms with Gasteiger partial charge in [-0.3, -0.25) is 0 Å². The summed E-state index contributed by atoms with van der Waals surface area (Å²) in [5.74, 6) is 6.36. The molecule has 0 amide bonds. The van der Waals surface area contributed by atoms with E-state index in [1.165, 1.54) is 11.8 Å². The number of hydrazone groups is 1. The maximum absolute atomic E-state index is 5.42. The molecule has 0 fully saturated rings. The lowest BCUT2D eigenvalue weighted by Gasteiger charge is -2.01. The Morgan fingerprint density at radius 3 is 3.07 bits per heavy atom. The van der Waals surface area contributed by atoms with Crippen LogP contribution >= 0.6 is 11.8 Å². The summed E-state index contributed by atoms with van der Waals surface area (Å²) in [5.41, 5.74) is 5.42. The van der Waals surface area contributed by atoms with Gasteiger partial charge in [0.05, 0.1) is 5.75 Å². The molecule has 4 N–H and O–H groups in total. The number of tetrazole rings is 1. The summed E-state index contributed by atoms with van der Waals surface area (Å²) in [6.45, 7) is 2.87. The monoisotopic (exact) mass is 215 g/mol. The minimum absolute atomic E-state index is 0.330. The molecule has 0 aliphatic carbocycles. The first-order valence-electron chi connectivity index (χ1n) is 4.19. The minimum Gasteiger partial charge on any atom is -0.377 e. The van der Waals surface area contributed by atoms with Gasteiger partial charge in [-0.25, -0.2) is 4.68 Å². The Morgan fingerprint density at radius 2 is 2.43 bits per heavy atom. The van der Waals surface area contributed by atoms with E-state index in [0.717, 1.165) is 18.8 Å². The zero-order chi connectivity index (χ0) is 10.4. The summed E-state index contributed by atoms with van der Waals surface area (Å²) in [6.07, 6.45) is 0.989. The van der Waals surface area contributed by atoms with Crippen LogP contribution in [0.15, 0.2) is 5.10 Å². The molecule has 0 bridgehead atoms. The van der Waals surface area contributed by atoms with Crippen LogP contribution in [-0.4, -0.2) is 25.4 Å². The van der Waals surface area contributed by atoms with Gasteiger partial charge in [-0.2, -0.15) is 5.10 Å². The van der Waals surface area contributed by atoms with Crippen LogP contribution in [0, 0.1) is 0 Å². The number of amidine groups is 1. The predicted octanol–water partition coefficient (Wildman–Crippen LogP) is -0.495. The maximum atomic E-state index is 5.42. The molecule has 1 aromatic heterocycles. The van der Waals surface area contributed by atoms with E-state index in [-0.39, 0.29) is 0 Å². The molecule has 14 heavy (non-hydrogen) atoms. The molecule has 1 heterocycles. The van der Waals surface area contributed by atoms with Crippen LogP contribution in [0.3, 0.4) is 0 Å². The molecule has 7 nitrogen and oxygen atoms in total. The largest absolute Gasteiger partial charge is 0.377 e. The lowest BCUT2D eigenvalue weighted by atomic mass is 10.5. The smallest absolute Gasteiger partial charge is 0.177 e. The molecule has 0 aromatic carbocycles. The molecule has 1 aromatic rings. The highest BCUT2D eigenvalue weighted by molar-refractivity contribution is 8.13. The minimum atomic E-state index is 0.330. The normalized spacial score (nSPS) is 11.9. The van der Waals surface area contributed by atoms with E-state index < -0.39 is 0 Å². The van der Waals surface area contributed by atoms with Crippen molar-refractivity contribution < 1.29 is 0 Å². The van der Waals surface area contributed by atoms with Crippen molar-refractivity contribution in [2.24, 2.45) is 16.7 Å². The number of hydrogen-bond acceptors (Lipinski definition) is 6. The maximum Gasteiger partial charge on any atom is 0.177 e. The number of nitrogens with two attached hydrogens (primary N) is 2. The highest BCUT2D eigenvalue weighted by atomic mass is 32.2. The zero-order valence-electron chi connectivity index (χ0n) is 7.92. The topological polar surface area (TPSA) is 108 Å². The summed E-state index contributed by atoms with van der Waals surface area (Å²) < 4.78 is 1.75. The highest BCUT2D eigenvalue weighted by Crippen LogP contribution is 2.08. The van der Waals surface area contributed by atoms with Crippen molar-refractivity contribution in [1.82, 2.24) is 20.2 Å². The predicted molar refractivity (Wildman–Crippen MR) is 55.2 cm³/mol. The fourth-order valence-electron chi connectivity index (χ4n) is 0.888. The Bertz CT molecular complexity index is 307. The van der Waals surface area contributed by atoms with Crippen molar-refractivity contribution in [1.29, 1.82) is 0 Å². The second kappa shape index (κ2) is 5.43. The molecule has 0 saturated heterocycles. The Balaban J connectivity index is 2.53. The molecule has 8 heteroatoms. The van der Waals surface area contributed by atoms with Gasteiger partial charge in [0.2, 0.25) is 0 Å². The van der Waals surface area contributed by atoms with E-state index in [1.54, 1.807) is 4.68 Å². The van der Waals surface area contributed by atoms with Gasteiger partial charge >= 0.3 is 0 Å². The molecule has 0 radical (unpaired) electrons. The van der Waals surface area contributed by atoms with Crippen molar-refractivity contribution in [3.8, 4) is 0 Å². The average Bonchev–Trinajstić information content (AvgIpc) is 2.62. The molecule has 0 aliphatic rings. The van der Waals surface area contributed by atoms with E-state index in [0.29, 0.717) is 10.9 Å². The second-order valence-electron chi connectivity index (χ2n) is 2.57. The summed E-state index contributed by atoms with van der Waals surface area (Å²) in [7, 11) is 0. The SMILES string of the molecule is CCCn1nnnc1CSC(N)=NN. The third kappa shape index (κ3) is 2.87. The third-order valence-corrected chi connectivity index (χ3v) is 2.32. The molecule has 0 aliphatic heterocycles. The van der Waals surface area contributed by atoms with E-state index in [2.05, 4.69) is 27.6 Å². The van der Waals surface area contributed by atoms with Gasteiger partial charge in [0.15, 0.2) is 11.0 Å². The summed E-state index contributed by atoms with van der Waals surface area (Å²) in [4.78, 5) is 0. The average molecular weight is 215 g/mol. The lowest BCUT2D eigenvalue weighted by Crippen LogP contribution is -2.11. The molecule has 0 saturated carbocycles. The van der Waals surface area contributed by atoms with Gasteiger partial charge in [-0.05, 0) is 16.8 Å². The van der Waals surface area contributed by atoms with Crippen molar-refractivity contribution in [3.63, 3.8) is 0 Å². The van der Waals surface area contributed by atoms with Gasteiger partial charge in [-0.1, -0.05) is 18.7 Å². The summed E-state index contributed by atoms with van der Waals surface area (Å²) in [6, 6.07) is 0. The van der Waals surface area contributed by atoms with Crippen LogP contribution in [-0.2, 0) is 12.3 Å². The molecule has 1 rings (SSSR count). The Labute approximate surface area is 85.9 Å². The first-order valence-corrected chi connectivity index (χ1v) is 5.17. The lowest BCUT2D eigenvalue weighted by molar-refractivity contribution is 0.564. The molecule has 0 atom stereocenters. The number of rotatable bonds is 4. The quantitative estimate of drug-likeness (QED) is 0.303. The van der Waals surface area contributed by atoms with E-state index in [4.69, 9.17) is 11.6 Å². The van der Waals surface area contributed by atoms with E-state index in [9.17, 15) is 0 Å². The zero-order valence-corrected chi connectivity index (χ0v) is 8.74. The third-order valence-electron chi connectivity index (χ3n) is 1.52. The Kier molecular flexibility index (Phi) is 4.17. The van der Waals surface area contributed by atoms with Crippen LogP contribution in [0.25, 0.3) is 0 Å². The molecule has 0 unspecified atom stereocenters. The number of hydrogen-bond donors (Lipinski definition) is 2. The van der Waals surface area contributed by atoms with Crippen LogP contribution in [0.2, 0.25) is 0 Å². The van der Waals surface area contributed by atoms with Crippen LogP contribution in [0.1, 0.15) is 19.2 Å². The van der Waals surface area contributed by atoms with Crippen molar-refractivity contribution >= 4 is 16.9 Å². The number of aryl methyl sites for hydroxylation is 1. The molecule has 78 valence electrons. The summed E-state index contributed by atoms with van der Waals surface area (Å²) in [5, 5.41) is 15.0. The van der Waals surface area contributed by atoms with Gasteiger partial charge in [0.25, 0.3) is 0 Å². The highest BCUT2D eigenvalue weighted by Gasteiger charge is 2.05. The second-order valence-corrected chi connectivity index (χ2v) is 3.57. The number of thioether (sulfide) groups is 1. The van der Waals surface area contributed by atoms with Crippen LogP contribution in [0.5, 0.6) is 0 Å². The van der Waals surface area contributed by atoms with E-state index in [1.807, 2.05) is 0 Å². The van der Waals surface area contributed by atoms with Crippen LogP contribution < -0.4 is 11.6 Å². The van der Waals surface area contributed by atoms with E-state index >= 15 is 0 Å². The van der Waals surface area contributed by atoms with Gasteiger partial charge in [-0.15, -0.1) is 5.10 Å². The first-order chi connectivity index (χ1) is 6.77. The van der Waals surface area contributed by atoms with Crippen LogP contribution in [0.4, 0.5) is 0 Å².